The topological polar surface area (TPSA) is 78.9 Å². The van der Waals surface area contributed by atoms with Crippen LogP contribution in [0.3, 0.4) is 0 Å². The van der Waals surface area contributed by atoms with Gasteiger partial charge in [0.1, 0.15) is 6.10 Å². The first-order chi connectivity index (χ1) is 9.49. The highest BCUT2D eigenvalue weighted by Crippen LogP contribution is 2.26. The molecule has 0 spiro atoms. The molecule has 6 heteroatoms. The number of nitrogens with one attached hydrogen (secondary N) is 1. The summed E-state index contributed by atoms with van der Waals surface area (Å²) in [4.78, 5) is 24.8. The van der Waals surface area contributed by atoms with Gasteiger partial charge >= 0.3 is 5.97 Å². The minimum atomic E-state index is -1.02. The van der Waals surface area contributed by atoms with E-state index in [1.807, 2.05) is 37.2 Å². The second-order valence-electron chi connectivity index (χ2n) is 4.93. The highest BCUT2D eigenvalue weighted by atomic mass is 16.5. The van der Waals surface area contributed by atoms with Gasteiger partial charge in [-0.25, -0.2) is 4.79 Å². The van der Waals surface area contributed by atoms with Gasteiger partial charge in [0.15, 0.2) is 6.10 Å². The second kappa shape index (κ2) is 5.92. The summed E-state index contributed by atoms with van der Waals surface area (Å²) in [5, 5.41) is 11.7. The van der Waals surface area contributed by atoms with Gasteiger partial charge in [-0.2, -0.15) is 0 Å². The van der Waals surface area contributed by atoms with Crippen LogP contribution in [0.2, 0.25) is 0 Å². The van der Waals surface area contributed by atoms with E-state index in [0.717, 1.165) is 5.69 Å². The molecule has 0 saturated carbocycles. The third kappa shape index (κ3) is 3.08. The Labute approximate surface area is 117 Å². The predicted octanol–water partition coefficient (Wildman–Crippen LogP) is 1.32. The highest BCUT2D eigenvalue weighted by Gasteiger charge is 2.34. The third-order valence-electron chi connectivity index (χ3n) is 3.23. The van der Waals surface area contributed by atoms with Crippen molar-refractivity contribution >= 4 is 23.3 Å². The quantitative estimate of drug-likeness (QED) is 0.868. The number of carbonyl (C=O) groups is 2. The van der Waals surface area contributed by atoms with Crippen LogP contribution in [-0.2, 0) is 14.3 Å². The first-order valence-corrected chi connectivity index (χ1v) is 6.44. The Balaban J connectivity index is 2.04. The molecule has 20 heavy (non-hydrogen) atoms. The first-order valence-electron chi connectivity index (χ1n) is 6.44. The molecule has 0 bridgehead atoms. The standard InChI is InChI=1S/C14H18N2O4/c1-16(2)10-6-4-3-5-9(10)15-13(17)11-7-8-12(20-11)14(18)19/h3-6,11-12H,7-8H2,1-2H3,(H,15,17)(H,18,19)/t11-,12+/m0/s1. The monoisotopic (exact) mass is 278 g/mol. The molecule has 0 radical (unpaired) electrons. The average Bonchev–Trinajstić information content (AvgIpc) is 2.89. The highest BCUT2D eigenvalue weighted by molar-refractivity contribution is 5.97. The lowest BCUT2D eigenvalue weighted by Crippen LogP contribution is -2.30. The van der Waals surface area contributed by atoms with E-state index in [0.29, 0.717) is 18.5 Å². The zero-order chi connectivity index (χ0) is 14.7. The van der Waals surface area contributed by atoms with Crippen molar-refractivity contribution in [1.29, 1.82) is 0 Å². The lowest BCUT2D eigenvalue weighted by molar-refractivity contribution is -0.150. The zero-order valence-corrected chi connectivity index (χ0v) is 11.5. The van der Waals surface area contributed by atoms with Gasteiger partial charge in [-0.3, -0.25) is 4.79 Å². The molecule has 1 saturated heterocycles. The smallest absolute Gasteiger partial charge is 0.332 e. The third-order valence-corrected chi connectivity index (χ3v) is 3.23. The number of anilines is 2. The Hall–Kier alpha value is -2.08. The maximum absolute atomic E-state index is 12.1. The van der Waals surface area contributed by atoms with Crippen molar-refractivity contribution in [3.8, 4) is 0 Å². The van der Waals surface area contributed by atoms with Gasteiger partial charge in [0.25, 0.3) is 5.91 Å². The molecule has 0 aliphatic carbocycles. The summed E-state index contributed by atoms with van der Waals surface area (Å²) in [5.41, 5.74) is 1.57. The van der Waals surface area contributed by atoms with Crippen LogP contribution in [-0.4, -0.2) is 43.3 Å². The Bertz CT molecular complexity index is 516. The molecule has 1 aromatic rings. The average molecular weight is 278 g/mol. The molecule has 6 nitrogen and oxygen atoms in total. The Kier molecular flexibility index (Phi) is 4.24. The summed E-state index contributed by atoms with van der Waals surface area (Å²) in [6.45, 7) is 0. The number of carboxylic acids is 1. The Morgan fingerprint density at radius 3 is 2.50 bits per heavy atom. The van der Waals surface area contributed by atoms with Gasteiger partial charge in [-0.05, 0) is 25.0 Å². The number of hydrogen-bond acceptors (Lipinski definition) is 4. The number of nitrogens with zero attached hydrogens (tertiary/aromatic N) is 1. The molecule has 1 amide bonds. The zero-order valence-electron chi connectivity index (χ0n) is 11.5. The van der Waals surface area contributed by atoms with Crippen molar-refractivity contribution in [2.24, 2.45) is 0 Å². The van der Waals surface area contributed by atoms with E-state index in [-0.39, 0.29) is 5.91 Å². The molecule has 2 N–H and O–H groups in total. The van der Waals surface area contributed by atoms with E-state index in [1.54, 1.807) is 6.07 Å². The number of carbonyl (C=O) groups excluding carboxylic acids is 1. The van der Waals surface area contributed by atoms with E-state index in [1.165, 1.54) is 0 Å². The number of para-hydroxylation sites is 2. The van der Waals surface area contributed by atoms with E-state index >= 15 is 0 Å². The van der Waals surface area contributed by atoms with Crippen molar-refractivity contribution in [3.05, 3.63) is 24.3 Å². The van der Waals surface area contributed by atoms with Crippen LogP contribution in [0.4, 0.5) is 11.4 Å². The fourth-order valence-corrected chi connectivity index (χ4v) is 2.19. The lowest BCUT2D eigenvalue weighted by Gasteiger charge is -2.19. The van der Waals surface area contributed by atoms with E-state index in [9.17, 15) is 9.59 Å². The van der Waals surface area contributed by atoms with Crippen LogP contribution in [0.25, 0.3) is 0 Å². The van der Waals surface area contributed by atoms with Gasteiger partial charge in [0.05, 0.1) is 11.4 Å². The number of benzene rings is 1. The Morgan fingerprint density at radius 1 is 1.25 bits per heavy atom. The second-order valence-corrected chi connectivity index (χ2v) is 4.93. The van der Waals surface area contributed by atoms with Crippen molar-refractivity contribution in [2.75, 3.05) is 24.3 Å². The minimum absolute atomic E-state index is 0.303. The molecular weight excluding hydrogens is 260 g/mol. The summed E-state index contributed by atoms with van der Waals surface area (Å²) < 4.78 is 5.23. The number of hydrogen-bond donors (Lipinski definition) is 2. The molecule has 2 atom stereocenters. The molecule has 0 unspecified atom stereocenters. The van der Waals surface area contributed by atoms with Crippen LogP contribution < -0.4 is 10.2 Å². The largest absolute Gasteiger partial charge is 0.479 e. The van der Waals surface area contributed by atoms with E-state index in [2.05, 4.69) is 5.32 Å². The summed E-state index contributed by atoms with van der Waals surface area (Å²) in [7, 11) is 3.77. The SMILES string of the molecule is CN(C)c1ccccc1NC(=O)[C@@H]1CC[C@H](C(=O)O)O1. The van der Waals surface area contributed by atoms with Crippen molar-refractivity contribution in [3.63, 3.8) is 0 Å². The molecule has 2 rings (SSSR count). The molecule has 1 fully saturated rings. The predicted molar refractivity (Wildman–Crippen MR) is 74.9 cm³/mol. The maximum atomic E-state index is 12.1. The van der Waals surface area contributed by atoms with Crippen LogP contribution in [0, 0.1) is 0 Å². The molecular formula is C14H18N2O4. The molecule has 1 aliphatic heterocycles. The number of rotatable bonds is 4. The summed E-state index contributed by atoms with van der Waals surface area (Å²) in [5.74, 6) is -1.32. The van der Waals surface area contributed by atoms with Crippen molar-refractivity contribution < 1.29 is 19.4 Å². The molecule has 108 valence electrons. The minimum Gasteiger partial charge on any atom is -0.479 e. The van der Waals surface area contributed by atoms with Crippen LogP contribution in [0.5, 0.6) is 0 Å². The van der Waals surface area contributed by atoms with E-state index < -0.39 is 18.2 Å². The molecule has 1 aliphatic rings. The summed E-state index contributed by atoms with van der Waals surface area (Å²) in [6.07, 6.45) is -0.795. The number of aliphatic carboxylic acids is 1. The van der Waals surface area contributed by atoms with Gasteiger partial charge in [-0.1, -0.05) is 12.1 Å². The lowest BCUT2D eigenvalue weighted by atomic mass is 10.2. The summed E-state index contributed by atoms with van der Waals surface area (Å²) >= 11 is 0. The molecule has 0 aromatic heterocycles. The fourth-order valence-electron chi connectivity index (χ4n) is 2.19. The number of carboxylic acid groups (broad SMARTS) is 1. The van der Waals surface area contributed by atoms with Gasteiger partial charge < -0.3 is 20.1 Å². The maximum Gasteiger partial charge on any atom is 0.332 e. The van der Waals surface area contributed by atoms with Crippen molar-refractivity contribution in [1.82, 2.24) is 0 Å². The van der Waals surface area contributed by atoms with Gasteiger partial charge in [-0.15, -0.1) is 0 Å². The fraction of sp³-hybridized carbons (Fsp3) is 0.429. The van der Waals surface area contributed by atoms with Crippen LogP contribution in [0.15, 0.2) is 24.3 Å². The number of ether oxygens (including phenoxy) is 1. The summed E-state index contributed by atoms with van der Waals surface area (Å²) in [6, 6.07) is 7.41. The number of amides is 1. The first kappa shape index (κ1) is 14.3. The molecule has 1 heterocycles. The van der Waals surface area contributed by atoms with Crippen molar-refractivity contribution in [2.45, 2.75) is 25.0 Å². The van der Waals surface area contributed by atoms with Gasteiger partial charge in [0.2, 0.25) is 0 Å². The normalized spacial score (nSPS) is 21.5. The van der Waals surface area contributed by atoms with Crippen LogP contribution in [0.1, 0.15) is 12.8 Å². The van der Waals surface area contributed by atoms with Gasteiger partial charge in [0, 0.05) is 14.1 Å². The van der Waals surface area contributed by atoms with Crippen LogP contribution >= 0.6 is 0 Å². The van der Waals surface area contributed by atoms with E-state index in [4.69, 9.17) is 9.84 Å². The Morgan fingerprint density at radius 2 is 1.90 bits per heavy atom. The molecule has 1 aromatic carbocycles.